The molecule has 170 valence electrons. The van der Waals surface area contributed by atoms with Crippen LogP contribution in [0.2, 0.25) is 0 Å². The number of carbonyl (C=O) groups excluding carboxylic acids is 2. The van der Waals surface area contributed by atoms with Gasteiger partial charge in [-0.15, -0.1) is 0 Å². The van der Waals surface area contributed by atoms with Gasteiger partial charge in [-0.05, 0) is 80.5 Å². The lowest BCUT2D eigenvalue weighted by Crippen LogP contribution is -2.40. The summed E-state index contributed by atoms with van der Waals surface area (Å²) in [6, 6.07) is 13.9. The van der Waals surface area contributed by atoms with Gasteiger partial charge in [0.2, 0.25) is 5.91 Å². The van der Waals surface area contributed by atoms with E-state index in [1.54, 1.807) is 13.2 Å². The summed E-state index contributed by atoms with van der Waals surface area (Å²) in [5.41, 5.74) is 8.99. The molecule has 1 atom stereocenters. The number of amides is 2. The Labute approximate surface area is 190 Å². The van der Waals surface area contributed by atoms with E-state index in [1.807, 2.05) is 62.1 Å². The molecule has 2 N–H and O–H groups in total. The Morgan fingerprint density at radius 2 is 1.88 bits per heavy atom. The van der Waals surface area contributed by atoms with Crippen LogP contribution < -0.4 is 10.5 Å². The zero-order chi connectivity index (χ0) is 23.3. The van der Waals surface area contributed by atoms with Gasteiger partial charge in [0.1, 0.15) is 11.4 Å². The van der Waals surface area contributed by atoms with Gasteiger partial charge in [-0.1, -0.05) is 30.3 Å². The van der Waals surface area contributed by atoms with Crippen molar-refractivity contribution >= 4 is 18.1 Å². The third-order valence-electron chi connectivity index (χ3n) is 5.46. The number of hydrogen-bond donors (Lipinski definition) is 1. The number of carbonyl (C=O) groups is 2. The summed E-state index contributed by atoms with van der Waals surface area (Å²) >= 11 is 0. The predicted molar refractivity (Wildman–Crippen MR) is 125 cm³/mol. The predicted octanol–water partition coefficient (Wildman–Crippen LogP) is 4.66. The minimum absolute atomic E-state index is 0.0488. The smallest absolute Gasteiger partial charge is 0.410 e. The molecule has 6 heteroatoms. The number of ether oxygens (including phenoxy) is 2. The van der Waals surface area contributed by atoms with Crippen LogP contribution in [0.25, 0.3) is 6.08 Å². The van der Waals surface area contributed by atoms with E-state index >= 15 is 0 Å². The fraction of sp³-hybridized carbons (Fsp3) is 0.385. The monoisotopic (exact) mass is 436 g/mol. The fourth-order valence-electron chi connectivity index (χ4n) is 3.96. The standard InChI is InChI=1S/C26H32N2O4/c1-26(2,3)32-25(30)28(16-15-18-5-10-21(31-4)11-6-18)23-13-9-20-17-19(7-12-22(20)23)8-14-24(27)29/h5-8,10-12,14,17,23H,9,13,15-16H2,1-4H3,(H2,27,29)/b14-8+. The first-order valence-corrected chi connectivity index (χ1v) is 10.9. The molecule has 3 rings (SSSR count). The van der Waals surface area contributed by atoms with E-state index in [4.69, 9.17) is 15.2 Å². The molecule has 2 aromatic carbocycles. The van der Waals surface area contributed by atoms with Gasteiger partial charge in [0.15, 0.2) is 0 Å². The normalized spacial score (nSPS) is 15.4. The molecule has 1 aliphatic rings. The number of nitrogens with zero attached hydrogens (tertiary/aromatic N) is 1. The first-order valence-electron chi connectivity index (χ1n) is 10.9. The van der Waals surface area contributed by atoms with Gasteiger partial charge in [-0.25, -0.2) is 4.79 Å². The van der Waals surface area contributed by atoms with Gasteiger partial charge in [0.05, 0.1) is 13.2 Å². The highest BCUT2D eigenvalue weighted by molar-refractivity contribution is 5.90. The summed E-state index contributed by atoms with van der Waals surface area (Å²) in [6.07, 6.45) is 5.18. The molecule has 2 aromatic rings. The molecule has 0 heterocycles. The van der Waals surface area contributed by atoms with Crippen molar-refractivity contribution in [2.24, 2.45) is 5.73 Å². The van der Waals surface area contributed by atoms with E-state index in [0.29, 0.717) is 13.0 Å². The van der Waals surface area contributed by atoms with Crippen LogP contribution in [0.15, 0.2) is 48.5 Å². The fourth-order valence-corrected chi connectivity index (χ4v) is 3.96. The highest BCUT2D eigenvalue weighted by atomic mass is 16.6. The molecule has 0 fully saturated rings. The molecule has 1 aliphatic carbocycles. The van der Waals surface area contributed by atoms with Crippen molar-refractivity contribution in [2.45, 2.75) is 51.7 Å². The molecule has 1 unspecified atom stereocenters. The molecule has 2 amide bonds. The van der Waals surface area contributed by atoms with Crippen LogP contribution in [0.3, 0.4) is 0 Å². The van der Waals surface area contributed by atoms with E-state index in [-0.39, 0.29) is 12.1 Å². The third kappa shape index (κ3) is 6.13. The van der Waals surface area contributed by atoms with Crippen molar-refractivity contribution in [3.8, 4) is 5.75 Å². The van der Waals surface area contributed by atoms with Gasteiger partial charge >= 0.3 is 6.09 Å². The Morgan fingerprint density at radius 3 is 2.50 bits per heavy atom. The summed E-state index contributed by atoms with van der Waals surface area (Å²) in [7, 11) is 1.64. The van der Waals surface area contributed by atoms with E-state index < -0.39 is 11.5 Å². The molecule has 0 aromatic heterocycles. The zero-order valence-electron chi connectivity index (χ0n) is 19.3. The lowest BCUT2D eigenvalue weighted by molar-refractivity contribution is -0.113. The summed E-state index contributed by atoms with van der Waals surface area (Å²) in [4.78, 5) is 26.0. The first kappa shape index (κ1) is 23.4. The van der Waals surface area contributed by atoms with Crippen molar-refractivity contribution in [1.29, 1.82) is 0 Å². The van der Waals surface area contributed by atoms with Crippen molar-refractivity contribution in [3.05, 3.63) is 70.8 Å². The number of hydrogen-bond acceptors (Lipinski definition) is 4. The van der Waals surface area contributed by atoms with Gasteiger partial charge < -0.3 is 20.1 Å². The van der Waals surface area contributed by atoms with Crippen LogP contribution in [0.1, 0.15) is 55.5 Å². The first-order chi connectivity index (χ1) is 15.2. The topological polar surface area (TPSA) is 81.9 Å². The third-order valence-corrected chi connectivity index (χ3v) is 5.46. The van der Waals surface area contributed by atoms with Gasteiger partial charge in [-0.2, -0.15) is 0 Å². The molecular weight excluding hydrogens is 404 g/mol. The number of nitrogens with two attached hydrogens (primary N) is 1. The van der Waals surface area contributed by atoms with Gasteiger partial charge in [-0.3, -0.25) is 4.79 Å². The number of rotatable bonds is 7. The summed E-state index contributed by atoms with van der Waals surface area (Å²) in [6.45, 7) is 6.19. The van der Waals surface area contributed by atoms with Crippen molar-refractivity contribution in [3.63, 3.8) is 0 Å². The van der Waals surface area contributed by atoms with Crippen molar-refractivity contribution in [2.75, 3.05) is 13.7 Å². The number of methoxy groups -OCH3 is 1. The largest absolute Gasteiger partial charge is 0.497 e. The van der Waals surface area contributed by atoms with Crippen molar-refractivity contribution < 1.29 is 19.1 Å². The van der Waals surface area contributed by atoms with E-state index in [0.717, 1.165) is 35.3 Å². The van der Waals surface area contributed by atoms with Gasteiger partial charge in [0.25, 0.3) is 0 Å². The maximum Gasteiger partial charge on any atom is 0.410 e. The second-order valence-electron chi connectivity index (χ2n) is 9.02. The molecule has 0 saturated carbocycles. The highest BCUT2D eigenvalue weighted by Gasteiger charge is 2.33. The average Bonchev–Trinajstić information content (AvgIpc) is 3.14. The molecule has 0 spiro atoms. The number of primary amides is 1. The second-order valence-corrected chi connectivity index (χ2v) is 9.02. The van der Waals surface area contributed by atoms with Crippen LogP contribution in [0, 0.1) is 0 Å². The van der Waals surface area contributed by atoms with Crippen LogP contribution in [0.5, 0.6) is 5.75 Å². The lowest BCUT2D eigenvalue weighted by atomic mass is 10.0. The second kappa shape index (κ2) is 9.90. The van der Waals surface area contributed by atoms with Gasteiger partial charge in [0, 0.05) is 12.6 Å². The highest BCUT2D eigenvalue weighted by Crippen LogP contribution is 2.37. The van der Waals surface area contributed by atoms with E-state index in [9.17, 15) is 9.59 Å². The molecule has 6 nitrogen and oxygen atoms in total. The van der Waals surface area contributed by atoms with E-state index in [2.05, 4.69) is 6.07 Å². The van der Waals surface area contributed by atoms with Crippen LogP contribution in [-0.4, -0.2) is 36.2 Å². The summed E-state index contributed by atoms with van der Waals surface area (Å²) in [5, 5.41) is 0. The summed E-state index contributed by atoms with van der Waals surface area (Å²) < 4.78 is 11.0. The molecule has 0 aliphatic heterocycles. The minimum Gasteiger partial charge on any atom is -0.497 e. The van der Waals surface area contributed by atoms with E-state index in [1.165, 1.54) is 11.6 Å². The maximum absolute atomic E-state index is 13.1. The van der Waals surface area contributed by atoms with Crippen LogP contribution in [-0.2, 0) is 22.4 Å². The molecule has 0 bridgehead atoms. The van der Waals surface area contributed by atoms with Crippen LogP contribution >= 0.6 is 0 Å². The summed E-state index contributed by atoms with van der Waals surface area (Å²) in [5.74, 6) is 0.335. The molecule has 0 saturated heterocycles. The molecule has 0 radical (unpaired) electrons. The van der Waals surface area contributed by atoms with Crippen LogP contribution in [0.4, 0.5) is 4.79 Å². The Balaban J connectivity index is 1.82. The molecule has 32 heavy (non-hydrogen) atoms. The Morgan fingerprint density at radius 1 is 1.16 bits per heavy atom. The number of benzene rings is 2. The minimum atomic E-state index is -0.569. The Bertz CT molecular complexity index is 990. The zero-order valence-corrected chi connectivity index (χ0v) is 19.3. The Hall–Kier alpha value is -3.28. The molecular formula is C26H32N2O4. The SMILES string of the molecule is COc1ccc(CCN(C(=O)OC(C)(C)C)C2CCc3cc(/C=C/C(N)=O)ccc32)cc1. The van der Waals surface area contributed by atoms with Crippen molar-refractivity contribution in [1.82, 2.24) is 4.90 Å². The maximum atomic E-state index is 13.1. The number of aryl methyl sites for hydroxylation is 1. The quantitative estimate of drug-likeness (QED) is 0.640. The lowest BCUT2D eigenvalue weighted by Gasteiger charge is -2.32. The number of fused-ring (bicyclic) bond motifs is 1. The average molecular weight is 437 g/mol. The Kier molecular flexibility index (Phi) is 7.23.